The van der Waals surface area contributed by atoms with Crippen molar-refractivity contribution in [1.29, 1.82) is 5.41 Å². The largest absolute Gasteiger partial charge is 1.00 e. The van der Waals surface area contributed by atoms with Gasteiger partial charge in [0.25, 0.3) is 0 Å². The summed E-state index contributed by atoms with van der Waals surface area (Å²) in [6.45, 7) is 7.43. The van der Waals surface area contributed by atoms with E-state index in [1.54, 1.807) is 6.92 Å². The maximum absolute atomic E-state index is 9.47. The molecule has 36 heavy (non-hydrogen) atoms. The summed E-state index contributed by atoms with van der Waals surface area (Å²) in [4.78, 5) is 18.8. The van der Waals surface area contributed by atoms with E-state index >= 15 is 0 Å². The standard InChI is InChI=1S/C24H50.C3H5NO2.C3H6O2.Na.H/c1-3-5-7-9-11-13-15-17-19-21-23-24-22-20-18-16-14-12-10-8-6-4-2;1-2(4)3(5)6;1-2-3(4)5;;/h3-24H2,1-2H3;4H,1H3,(H,5,6);2H2,1H3,(H,4,5);;/q;;;+1;-1. The van der Waals surface area contributed by atoms with E-state index in [0.717, 1.165) is 0 Å². The van der Waals surface area contributed by atoms with Crippen LogP contribution in [0.2, 0.25) is 0 Å². The second-order valence-corrected chi connectivity index (χ2v) is 9.75. The van der Waals surface area contributed by atoms with E-state index in [0.29, 0.717) is 0 Å². The van der Waals surface area contributed by atoms with Crippen molar-refractivity contribution in [2.45, 2.75) is 175 Å². The minimum atomic E-state index is -1.16. The van der Waals surface area contributed by atoms with Crippen LogP contribution in [0.15, 0.2) is 0 Å². The first kappa shape index (κ1) is 42.7. The Bertz CT molecular complexity index is 431. The Morgan fingerprint density at radius 3 is 0.750 bits per heavy atom. The molecule has 0 saturated carbocycles. The number of carboxylic acid groups (broad SMARTS) is 2. The molecule has 0 aliphatic heterocycles. The number of carboxylic acids is 2. The number of rotatable bonds is 23. The van der Waals surface area contributed by atoms with Crippen LogP contribution in [0.1, 0.15) is 177 Å². The summed E-state index contributed by atoms with van der Waals surface area (Å²) in [5.74, 6) is -1.90. The maximum Gasteiger partial charge on any atom is 1.00 e. The van der Waals surface area contributed by atoms with Crippen molar-refractivity contribution in [2.24, 2.45) is 0 Å². The van der Waals surface area contributed by atoms with E-state index in [4.69, 9.17) is 15.6 Å². The van der Waals surface area contributed by atoms with Gasteiger partial charge in [-0.05, 0) is 6.92 Å². The molecule has 0 bridgehead atoms. The summed E-state index contributed by atoms with van der Waals surface area (Å²) in [5, 5.41) is 21.8. The molecule has 0 radical (unpaired) electrons. The molecule has 0 saturated heterocycles. The van der Waals surface area contributed by atoms with Crippen LogP contribution in [-0.2, 0) is 9.59 Å². The zero-order valence-electron chi connectivity index (χ0n) is 26.0. The zero-order valence-corrected chi connectivity index (χ0v) is 27.0. The fourth-order valence-corrected chi connectivity index (χ4v) is 3.68. The van der Waals surface area contributed by atoms with Crippen molar-refractivity contribution in [2.75, 3.05) is 0 Å². The normalized spacial score (nSPS) is 9.78. The van der Waals surface area contributed by atoms with Gasteiger partial charge >= 0.3 is 41.5 Å². The van der Waals surface area contributed by atoms with Crippen molar-refractivity contribution in [3.8, 4) is 0 Å². The first-order chi connectivity index (χ1) is 16.8. The van der Waals surface area contributed by atoms with Crippen LogP contribution >= 0.6 is 0 Å². The molecule has 0 aliphatic carbocycles. The monoisotopic (exact) mass is 523 g/mol. The fourth-order valence-electron chi connectivity index (χ4n) is 3.68. The van der Waals surface area contributed by atoms with Crippen LogP contribution in [0.3, 0.4) is 0 Å². The summed E-state index contributed by atoms with van der Waals surface area (Å²) >= 11 is 0. The molecule has 3 N–H and O–H groups in total. The van der Waals surface area contributed by atoms with Crippen molar-refractivity contribution in [3.05, 3.63) is 0 Å². The van der Waals surface area contributed by atoms with Crippen LogP contribution in [0.25, 0.3) is 0 Å². The Balaban J connectivity index is -0.000000219. The Morgan fingerprint density at radius 1 is 0.528 bits per heavy atom. The molecule has 0 aromatic carbocycles. The van der Waals surface area contributed by atoms with E-state index in [2.05, 4.69) is 13.8 Å². The zero-order chi connectivity index (χ0) is 27.0. The van der Waals surface area contributed by atoms with Crippen molar-refractivity contribution >= 4 is 17.7 Å². The van der Waals surface area contributed by atoms with E-state index < -0.39 is 11.9 Å². The number of hydrogen-bond acceptors (Lipinski definition) is 3. The first-order valence-corrected chi connectivity index (χ1v) is 14.8. The summed E-state index contributed by atoms with van der Waals surface area (Å²) in [6, 6.07) is 0. The van der Waals surface area contributed by atoms with Gasteiger partial charge in [-0.15, -0.1) is 0 Å². The Labute approximate surface area is 248 Å². The van der Waals surface area contributed by atoms with Gasteiger partial charge in [0.15, 0.2) is 0 Å². The SMILES string of the molecule is CC(=N)C(=O)O.CCC(=O)O.CCCCCCCCCCCCCCCCCCCCCCCC.[H-].[Na+]. The molecule has 0 fully saturated rings. The van der Waals surface area contributed by atoms with E-state index in [9.17, 15) is 9.59 Å². The van der Waals surface area contributed by atoms with Crippen LogP contribution in [0.5, 0.6) is 0 Å². The Hall–Kier alpha value is -0.390. The van der Waals surface area contributed by atoms with E-state index in [1.165, 1.54) is 148 Å². The number of nitrogens with one attached hydrogen (secondary N) is 1. The first-order valence-electron chi connectivity index (χ1n) is 14.8. The number of unbranched alkanes of at least 4 members (excludes halogenated alkanes) is 21. The predicted octanol–water partition coefficient (Wildman–Crippen LogP) is 7.32. The summed E-state index contributed by atoms with van der Waals surface area (Å²) in [6.07, 6.45) is 32.6. The second kappa shape index (κ2) is 39.1. The maximum atomic E-state index is 9.47. The molecule has 0 rings (SSSR count). The molecular weight excluding hydrogens is 461 g/mol. The van der Waals surface area contributed by atoms with Gasteiger partial charge in [-0.3, -0.25) is 10.2 Å². The third-order valence-corrected chi connectivity index (χ3v) is 6.08. The molecule has 0 aromatic heterocycles. The third kappa shape index (κ3) is 50.5. The smallest absolute Gasteiger partial charge is 1.00 e. The quantitative estimate of drug-likeness (QED) is 0.0742. The molecule has 212 valence electrons. The predicted molar refractivity (Wildman–Crippen MR) is 153 cm³/mol. The minimum absolute atomic E-state index is 0. The molecule has 0 aliphatic rings. The van der Waals surface area contributed by atoms with E-state index in [1.807, 2.05) is 0 Å². The molecular formula is C30H62NNaO4. The van der Waals surface area contributed by atoms with Crippen LogP contribution in [0.4, 0.5) is 0 Å². The van der Waals surface area contributed by atoms with Gasteiger partial charge in [-0.1, -0.05) is 162 Å². The van der Waals surface area contributed by atoms with Gasteiger partial charge in [0, 0.05) is 6.42 Å². The van der Waals surface area contributed by atoms with Gasteiger partial charge in [-0.25, -0.2) is 4.79 Å². The second-order valence-electron chi connectivity index (χ2n) is 9.75. The topological polar surface area (TPSA) is 98.5 Å². The number of hydrogen-bond donors (Lipinski definition) is 3. The number of aliphatic carboxylic acids is 2. The molecule has 6 heteroatoms. The van der Waals surface area contributed by atoms with Gasteiger partial charge in [-0.2, -0.15) is 0 Å². The van der Waals surface area contributed by atoms with Crippen LogP contribution in [0, 0.1) is 5.41 Å². The molecule has 0 spiro atoms. The third-order valence-electron chi connectivity index (χ3n) is 6.08. The summed E-state index contributed by atoms with van der Waals surface area (Å²) < 4.78 is 0. The molecule has 0 aromatic rings. The van der Waals surface area contributed by atoms with E-state index in [-0.39, 0.29) is 43.1 Å². The minimum Gasteiger partial charge on any atom is -1.00 e. The average Bonchev–Trinajstić information content (AvgIpc) is 2.83. The molecule has 0 unspecified atom stereocenters. The summed E-state index contributed by atoms with van der Waals surface area (Å²) in [7, 11) is 0. The Morgan fingerprint density at radius 2 is 0.667 bits per heavy atom. The van der Waals surface area contributed by atoms with Gasteiger partial charge in [0.1, 0.15) is 5.71 Å². The van der Waals surface area contributed by atoms with Gasteiger partial charge < -0.3 is 11.6 Å². The molecule has 0 atom stereocenters. The van der Waals surface area contributed by atoms with Crippen molar-refractivity contribution in [1.82, 2.24) is 0 Å². The molecule has 5 nitrogen and oxygen atoms in total. The number of carbonyl (C=O) groups is 2. The van der Waals surface area contributed by atoms with Crippen LogP contribution < -0.4 is 29.6 Å². The molecule has 0 amide bonds. The summed E-state index contributed by atoms with van der Waals surface area (Å²) in [5.41, 5.74) is -0.324. The fraction of sp³-hybridized carbons (Fsp3) is 0.900. The van der Waals surface area contributed by atoms with Crippen molar-refractivity contribution < 1.29 is 50.8 Å². The molecule has 0 heterocycles. The van der Waals surface area contributed by atoms with Gasteiger partial charge in [0.2, 0.25) is 0 Å². The van der Waals surface area contributed by atoms with Crippen LogP contribution in [-0.4, -0.2) is 27.9 Å². The van der Waals surface area contributed by atoms with Crippen molar-refractivity contribution in [3.63, 3.8) is 0 Å². The van der Waals surface area contributed by atoms with Gasteiger partial charge in [0.05, 0.1) is 0 Å². The average molecular weight is 524 g/mol. The Kier molecular flexibility index (Phi) is 46.4.